The second-order valence-corrected chi connectivity index (χ2v) is 12.7. The van der Waals surface area contributed by atoms with Gasteiger partial charge >= 0.3 is 5.97 Å². The Bertz CT molecular complexity index is 1000. The highest BCUT2D eigenvalue weighted by Gasteiger charge is 2.28. The molecule has 0 bridgehead atoms. The van der Waals surface area contributed by atoms with E-state index >= 15 is 0 Å². The van der Waals surface area contributed by atoms with Crippen LogP contribution in [0, 0.1) is 0 Å². The number of hydrogen-bond acceptors (Lipinski definition) is 6. The van der Waals surface area contributed by atoms with Gasteiger partial charge < -0.3 is 26.4 Å². The highest BCUT2D eigenvalue weighted by Crippen LogP contribution is 2.15. The first-order valence-electron chi connectivity index (χ1n) is 17.9. The van der Waals surface area contributed by atoms with Gasteiger partial charge in [-0.1, -0.05) is 114 Å². The molecule has 0 spiro atoms. The van der Waals surface area contributed by atoms with Gasteiger partial charge in [-0.3, -0.25) is 19.3 Å². The fourth-order valence-electron chi connectivity index (χ4n) is 5.99. The van der Waals surface area contributed by atoms with Crippen LogP contribution in [0.1, 0.15) is 128 Å². The first-order chi connectivity index (χ1) is 22.3. The van der Waals surface area contributed by atoms with Gasteiger partial charge in [0.2, 0.25) is 17.7 Å². The Balaban J connectivity index is 1.66. The lowest BCUT2D eigenvalue weighted by atomic mass is 10.0. The Morgan fingerprint density at radius 2 is 1.33 bits per heavy atom. The van der Waals surface area contributed by atoms with Crippen molar-refractivity contribution in [1.82, 2.24) is 20.4 Å². The number of carboxylic acids is 1. The molecule has 46 heavy (non-hydrogen) atoms. The third-order valence-corrected chi connectivity index (χ3v) is 8.85. The van der Waals surface area contributed by atoms with Crippen molar-refractivity contribution in [3.63, 3.8) is 0 Å². The van der Waals surface area contributed by atoms with Crippen molar-refractivity contribution < 1.29 is 24.3 Å². The number of piperazine rings is 1. The molecule has 2 rings (SSSR count). The topological polar surface area (TPSA) is 145 Å². The van der Waals surface area contributed by atoms with Crippen LogP contribution in [0.2, 0.25) is 0 Å². The maximum absolute atomic E-state index is 13.1. The van der Waals surface area contributed by atoms with E-state index in [1.54, 1.807) is 30.3 Å². The summed E-state index contributed by atoms with van der Waals surface area (Å²) in [6.07, 6.45) is 18.9. The largest absolute Gasteiger partial charge is 0.479 e. The quantitative estimate of drug-likeness (QED) is 0.108. The molecule has 1 saturated heterocycles. The summed E-state index contributed by atoms with van der Waals surface area (Å²) in [5.41, 5.74) is 6.08. The Morgan fingerprint density at radius 3 is 1.87 bits per heavy atom. The second-order valence-electron chi connectivity index (χ2n) is 12.7. The van der Waals surface area contributed by atoms with E-state index in [-0.39, 0.29) is 18.4 Å². The van der Waals surface area contributed by atoms with Crippen LogP contribution < -0.4 is 16.4 Å². The fraction of sp³-hybridized carbons (Fsp3) is 0.722. The average Bonchev–Trinajstić information content (AvgIpc) is 3.05. The second kappa shape index (κ2) is 24.2. The summed E-state index contributed by atoms with van der Waals surface area (Å²) < 4.78 is 0. The Labute approximate surface area is 277 Å². The van der Waals surface area contributed by atoms with Gasteiger partial charge in [0, 0.05) is 32.6 Å². The molecule has 1 aliphatic rings. The number of nitrogens with zero attached hydrogens (tertiary/aromatic N) is 2. The molecule has 1 heterocycles. The number of hydrogen-bond donors (Lipinski definition) is 4. The molecule has 0 aromatic heterocycles. The zero-order valence-corrected chi connectivity index (χ0v) is 28.4. The van der Waals surface area contributed by atoms with E-state index in [9.17, 15) is 24.3 Å². The van der Waals surface area contributed by atoms with Gasteiger partial charge in [-0.2, -0.15) is 0 Å². The van der Waals surface area contributed by atoms with Crippen LogP contribution in [0.15, 0.2) is 30.3 Å². The van der Waals surface area contributed by atoms with E-state index in [1.807, 2.05) is 9.80 Å². The molecule has 0 saturated carbocycles. The van der Waals surface area contributed by atoms with E-state index in [0.717, 1.165) is 12.8 Å². The number of rotatable bonds is 25. The third-order valence-electron chi connectivity index (χ3n) is 8.85. The van der Waals surface area contributed by atoms with Crippen LogP contribution in [0.3, 0.4) is 0 Å². The molecule has 10 nitrogen and oxygen atoms in total. The van der Waals surface area contributed by atoms with E-state index < -0.39 is 24.0 Å². The third kappa shape index (κ3) is 16.5. The van der Waals surface area contributed by atoms with Crippen molar-refractivity contribution in [1.29, 1.82) is 0 Å². The van der Waals surface area contributed by atoms with Crippen LogP contribution in [0.25, 0.3) is 0 Å². The molecule has 260 valence electrons. The molecule has 10 heteroatoms. The van der Waals surface area contributed by atoms with Crippen molar-refractivity contribution in [2.24, 2.45) is 5.73 Å². The lowest BCUT2D eigenvalue weighted by molar-refractivity contribution is -0.142. The van der Waals surface area contributed by atoms with E-state index in [1.165, 1.54) is 70.6 Å². The maximum Gasteiger partial charge on any atom is 0.330 e. The van der Waals surface area contributed by atoms with Gasteiger partial charge in [-0.25, -0.2) is 4.79 Å². The Kier molecular flexibility index (Phi) is 20.6. The smallest absolute Gasteiger partial charge is 0.330 e. The molecule has 0 aliphatic carbocycles. The number of amides is 3. The zero-order valence-electron chi connectivity index (χ0n) is 28.4. The highest BCUT2D eigenvalue weighted by atomic mass is 16.4. The number of benzene rings is 1. The SMILES string of the molecule is CCCCCCCCCCCCCCCC(=O)N1CCN(CC(=O)N[C@@H](CCCCN)C(=O)N[C@H](C(=O)O)c2ccccc2)CC1. The van der Waals surface area contributed by atoms with Crippen molar-refractivity contribution in [2.75, 3.05) is 39.3 Å². The van der Waals surface area contributed by atoms with E-state index in [4.69, 9.17) is 5.73 Å². The van der Waals surface area contributed by atoms with Crippen molar-refractivity contribution >= 4 is 23.7 Å². The van der Waals surface area contributed by atoms with Gasteiger partial charge in [-0.05, 0) is 37.8 Å². The summed E-state index contributed by atoms with van der Waals surface area (Å²) in [4.78, 5) is 54.6. The molecular formula is C36H61N5O5. The lowest BCUT2D eigenvalue weighted by Gasteiger charge is -2.34. The van der Waals surface area contributed by atoms with Crippen molar-refractivity contribution in [3.05, 3.63) is 35.9 Å². The Morgan fingerprint density at radius 1 is 0.761 bits per heavy atom. The first kappa shape index (κ1) is 39.2. The molecule has 5 N–H and O–H groups in total. The van der Waals surface area contributed by atoms with Gasteiger partial charge in [0.05, 0.1) is 6.54 Å². The molecule has 3 amide bonds. The summed E-state index contributed by atoms with van der Waals surface area (Å²) in [6.45, 7) is 5.19. The lowest BCUT2D eigenvalue weighted by Crippen LogP contribution is -2.54. The summed E-state index contributed by atoms with van der Waals surface area (Å²) in [5.74, 6) is -1.82. The average molecular weight is 644 g/mol. The summed E-state index contributed by atoms with van der Waals surface area (Å²) in [7, 11) is 0. The van der Waals surface area contributed by atoms with Crippen molar-refractivity contribution in [3.8, 4) is 0 Å². The molecule has 1 aromatic carbocycles. The van der Waals surface area contributed by atoms with E-state index in [0.29, 0.717) is 64.0 Å². The number of nitrogens with two attached hydrogens (primary N) is 1. The van der Waals surface area contributed by atoms with Crippen molar-refractivity contribution in [2.45, 2.75) is 128 Å². The fourth-order valence-corrected chi connectivity index (χ4v) is 5.99. The monoisotopic (exact) mass is 643 g/mol. The minimum absolute atomic E-state index is 0.114. The molecule has 0 unspecified atom stereocenters. The Hall–Kier alpha value is -2.98. The molecule has 1 fully saturated rings. The summed E-state index contributed by atoms with van der Waals surface area (Å²) in [6, 6.07) is 6.41. The van der Waals surface area contributed by atoms with Crippen LogP contribution in [0.5, 0.6) is 0 Å². The van der Waals surface area contributed by atoms with Gasteiger partial charge in [0.25, 0.3) is 0 Å². The number of unbranched alkanes of at least 4 members (excludes halogenated alkanes) is 13. The predicted octanol–water partition coefficient (Wildman–Crippen LogP) is 5.17. The first-order valence-corrected chi connectivity index (χ1v) is 17.9. The van der Waals surface area contributed by atoms with Gasteiger partial charge in [0.15, 0.2) is 6.04 Å². The minimum Gasteiger partial charge on any atom is -0.479 e. The summed E-state index contributed by atoms with van der Waals surface area (Å²) in [5, 5.41) is 15.1. The van der Waals surface area contributed by atoms with Crippen LogP contribution >= 0.6 is 0 Å². The molecule has 0 radical (unpaired) electrons. The molecule has 1 aliphatic heterocycles. The molecular weight excluding hydrogens is 582 g/mol. The maximum atomic E-state index is 13.1. The molecule has 1 aromatic rings. The predicted molar refractivity (Wildman–Crippen MR) is 183 cm³/mol. The van der Waals surface area contributed by atoms with Crippen LogP contribution in [-0.4, -0.2) is 83.9 Å². The van der Waals surface area contributed by atoms with Crippen LogP contribution in [-0.2, 0) is 19.2 Å². The normalized spacial score (nSPS) is 14.9. The highest BCUT2D eigenvalue weighted by molar-refractivity contribution is 5.91. The standard InChI is InChI=1S/C36H61N5O5/c1-2-3-4-5-6-7-8-9-10-11-12-13-17-23-33(43)41-27-25-40(26-28-41)29-32(42)38-31(22-18-19-24-37)35(44)39-34(36(45)46)30-20-15-14-16-21-30/h14-16,20-21,31,34H,2-13,17-19,22-29,37H2,1H3,(H,38,42)(H,39,44)(H,45,46)/t31-,34-/m0/s1. The zero-order chi connectivity index (χ0) is 33.4. The van der Waals surface area contributed by atoms with Crippen LogP contribution in [0.4, 0.5) is 0 Å². The number of aliphatic carboxylic acids is 1. The molecule has 2 atom stereocenters. The van der Waals surface area contributed by atoms with Gasteiger partial charge in [-0.15, -0.1) is 0 Å². The summed E-state index contributed by atoms with van der Waals surface area (Å²) >= 11 is 0. The van der Waals surface area contributed by atoms with E-state index in [2.05, 4.69) is 17.6 Å². The number of carbonyl (C=O) groups excluding carboxylic acids is 3. The number of carbonyl (C=O) groups is 4. The minimum atomic E-state index is -1.21. The number of nitrogens with one attached hydrogen (secondary N) is 2. The van der Waals surface area contributed by atoms with Gasteiger partial charge in [0.1, 0.15) is 6.04 Å². The number of carboxylic acid groups (broad SMARTS) is 1.